The molecule has 23 heavy (non-hydrogen) atoms. The van der Waals surface area contributed by atoms with E-state index in [2.05, 4.69) is 22.3 Å². The molecule has 1 atom stereocenters. The summed E-state index contributed by atoms with van der Waals surface area (Å²) in [5.41, 5.74) is 6.30. The van der Waals surface area contributed by atoms with Crippen molar-refractivity contribution in [1.82, 2.24) is 10.2 Å². The zero-order chi connectivity index (χ0) is 16.8. The molecule has 1 saturated heterocycles. The van der Waals surface area contributed by atoms with Crippen LogP contribution in [0.3, 0.4) is 0 Å². The summed E-state index contributed by atoms with van der Waals surface area (Å²) in [7, 11) is 1.67. The first-order chi connectivity index (χ1) is 11.0. The number of primary amides is 1. The predicted octanol–water partition coefficient (Wildman–Crippen LogP) is 1.53. The van der Waals surface area contributed by atoms with Gasteiger partial charge >= 0.3 is 6.03 Å². The molecule has 1 aliphatic rings. The number of likely N-dealkylation sites (tertiary alicyclic amines) is 1. The van der Waals surface area contributed by atoms with Gasteiger partial charge in [-0.3, -0.25) is 15.0 Å². The lowest BCUT2D eigenvalue weighted by molar-refractivity contribution is -0.125. The van der Waals surface area contributed by atoms with Crippen LogP contribution >= 0.6 is 0 Å². The van der Waals surface area contributed by atoms with Crippen LogP contribution in [0.15, 0.2) is 24.3 Å². The smallest absolute Gasteiger partial charge is 0.318 e. The molecular formula is C17H25N3O3. The van der Waals surface area contributed by atoms with E-state index in [0.717, 1.165) is 38.1 Å². The maximum Gasteiger partial charge on any atom is 0.318 e. The average molecular weight is 319 g/mol. The van der Waals surface area contributed by atoms with Crippen molar-refractivity contribution in [2.24, 2.45) is 11.7 Å². The monoisotopic (exact) mass is 319 g/mol. The molecule has 0 spiro atoms. The quantitative estimate of drug-likeness (QED) is 0.862. The van der Waals surface area contributed by atoms with Gasteiger partial charge in [0.05, 0.1) is 13.2 Å². The van der Waals surface area contributed by atoms with Gasteiger partial charge < -0.3 is 10.5 Å². The molecule has 0 radical (unpaired) electrons. The highest BCUT2D eigenvalue weighted by molar-refractivity contribution is 5.96. The van der Waals surface area contributed by atoms with Crippen molar-refractivity contribution in [1.29, 1.82) is 0 Å². The number of nitrogens with two attached hydrogens (primary N) is 1. The standard InChI is InChI=1S/C17H25N3O3/c1-12(16(21)19-17(18)22)20-9-7-14(8-10-20)11-13-3-5-15(23-2)6-4-13/h3-6,12,14H,7-11H2,1-2H3,(H3,18,19,21,22). The molecule has 1 aliphatic heterocycles. The van der Waals surface area contributed by atoms with Gasteiger partial charge in [-0.15, -0.1) is 0 Å². The Hall–Kier alpha value is -2.08. The van der Waals surface area contributed by atoms with E-state index >= 15 is 0 Å². The second-order valence-corrected chi connectivity index (χ2v) is 6.06. The molecular weight excluding hydrogens is 294 g/mol. The summed E-state index contributed by atoms with van der Waals surface area (Å²) in [5.74, 6) is 1.16. The van der Waals surface area contributed by atoms with Gasteiger partial charge in [0.25, 0.3) is 0 Å². The highest BCUT2D eigenvalue weighted by Gasteiger charge is 2.27. The summed E-state index contributed by atoms with van der Waals surface area (Å²) in [6.07, 6.45) is 3.13. The minimum Gasteiger partial charge on any atom is -0.497 e. The first kappa shape index (κ1) is 17.3. The number of carbonyl (C=O) groups excluding carboxylic acids is 2. The average Bonchev–Trinajstić information content (AvgIpc) is 2.55. The van der Waals surface area contributed by atoms with Crippen molar-refractivity contribution in [3.63, 3.8) is 0 Å². The van der Waals surface area contributed by atoms with Crippen LogP contribution in [0.2, 0.25) is 0 Å². The second-order valence-electron chi connectivity index (χ2n) is 6.06. The first-order valence-corrected chi connectivity index (χ1v) is 7.97. The number of benzene rings is 1. The molecule has 6 nitrogen and oxygen atoms in total. The number of nitrogens with one attached hydrogen (secondary N) is 1. The van der Waals surface area contributed by atoms with Crippen LogP contribution in [0.1, 0.15) is 25.3 Å². The third-order valence-corrected chi connectivity index (χ3v) is 4.51. The molecule has 3 amide bonds. The number of hydrogen-bond acceptors (Lipinski definition) is 4. The number of carbonyl (C=O) groups is 2. The van der Waals surface area contributed by atoms with Crippen LogP contribution in [0.5, 0.6) is 5.75 Å². The Morgan fingerprint density at radius 3 is 2.43 bits per heavy atom. The van der Waals surface area contributed by atoms with Crippen molar-refractivity contribution in [2.45, 2.75) is 32.2 Å². The number of ether oxygens (including phenoxy) is 1. The summed E-state index contributed by atoms with van der Waals surface area (Å²) in [6, 6.07) is 7.06. The third-order valence-electron chi connectivity index (χ3n) is 4.51. The molecule has 2 rings (SSSR count). The van der Waals surface area contributed by atoms with Crippen molar-refractivity contribution in [2.75, 3.05) is 20.2 Å². The lowest BCUT2D eigenvalue weighted by atomic mass is 9.89. The van der Waals surface area contributed by atoms with Gasteiger partial charge in [0, 0.05) is 0 Å². The van der Waals surface area contributed by atoms with E-state index < -0.39 is 6.03 Å². The van der Waals surface area contributed by atoms with Gasteiger partial charge in [0.1, 0.15) is 5.75 Å². The van der Waals surface area contributed by atoms with E-state index in [0.29, 0.717) is 5.92 Å². The number of imide groups is 1. The number of rotatable bonds is 5. The van der Waals surface area contributed by atoms with Gasteiger partial charge in [0.2, 0.25) is 5.91 Å². The number of hydrogen-bond donors (Lipinski definition) is 2. The fraction of sp³-hybridized carbons (Fsp3) is 0.529. The van der Waals surface area contributed by atoms with Crippen LogP contribution in [-0.2, 0) is 11.2 Å². The number of urea groups is 1. The fourth-order valence-corrected chi connectivity index (χ4v) is 3.03. The van der Waals surface area contributed by atoms with Gasteiger partial charge in [-0.05, 0) is 62.9 Å². The largest absolute Gasteiger partial charge is 0.497 e. The lowest BCUT2D eigenvalue weighted by Gasteiger charge is -2.35. The molecule has 1 unspecified atom stereocenters. The fourth-order valence-electron chi connectivity index (χ4n) is 3.03. The van der Waals surface area contributed by atoms with Crippen LogP contribution in [0, 0.1) is 5.92 Å². The highest BCUT2D eigenvalue weighted by Crippen LogP contribution is 2.24. The molecule has 1 fully saturated rings. The van der Waals surface area contributed by atoms with Crippen molar-refractivity contribution >= 4 is 11.9 Å². The van der Waals surface area contributed by atoms with Crippen LogP contribution in [-0.4, -0.2) is 43.1 Å². The molecule has 1 heterocycles. The lowest BCUT2D eigenvalue weighted by Crippen LogP contribution is -2.50. The van der Waals surface area contributed by atoms with E-state index in [9.17, 15) is 9.59 Å². The number of amides is 3. The molecule has 3 N–H and O–H groups in total. The summed E-state index contributed by atoms with van der Waals surface area (Å²) in [4.78, 5) is 24.7. The molecule has 0 bridgehead atoms. The van der Waals surface area contributed by atoms with Gasteiger partial charge in [-0.2, -0.15) is 0 Å². The molecule has 0 aromatic heterocycles. The summed E-state index contributed by atoms with van der Waals surface area (Å²) < 4.78 is 5.17. The summed E-state index contributed by atoms with van der Waals surface area (Å²) in [5, 5.41) is 2.15. The van der Waals surface area contributed by atoms with Crippen LogP contribution < -0.4 is 15.8 Å². The summed E-state index contributed by atoms with van der Waals surface area (Å²) in [6.45, 7) is 3.52. The Kier molecular flexibility index (Phi) is 5.98. The molecule has 0 saturated carbocycles. The van der Waals surface area contributed by atoms with Crippen molar-refractivity contribution in [3.05, 3.63) is 29.8 Å². The Morgan fingerprint density at radius 1 is 1.30 bits per heavy atom. The Morgan fingerprint density at radius 2 is 1.91 bits per heavy atom. The normalized spacial score (nSPS) is 17.5. The van der Waals surface area contributed by atoms with E-state index in [1.54, 1.807) is 7.11 Å². The van der Waals surface area contributed by atoms with Gasteiger partial charge in [0.15, 0.2) is 0 Å². The SMILES string of the molecule is COc1ccc(CC2CCN(C(C)C(=O)NC(N)=O)CC2)cc1. The Bertz CT molecular complexity index is 537. The second kappa shape index (κ2) is 7.97. The third kappa shape index (κ3) is 4.96. The maximum absolute atomic E-state index is 11.8. The molecule has 1 aromatic rings. The highest BCUT2D eigenvalue weighted by atomic mass is 16.5. The predicted molar refractivity (Wildman–Crippen MR) is 88.2 cm³/mol. The molecule has 1 aromatic carbocycles. The number of piperidine rings is 1. The van der Waals surface area contributed by atoms with E-state index in [4.69, 9.17) is 10.5 Å². The zero-order valence-electron chi connectivity index (χ0n) is 13.7. The van der Waals surface area contributed by atoms with Crippen molar-refractivity contribution < 1.29 is 14.3 Å². The zero-order valence-corrected chi connectivity index (χ0v) is 13.7. The Labute approximate surface area is 137 Å². The first-order valence-electron chi connectivity index (χ1n) is 7.97. The number of nitrogens with zero attached hydrogens (tertiary/aromatic N) is 1. The van der Waals surface area contributed by atoms with Crippen LogP contribution in [0.25, 0.3) is 0 Å². The number of methoxy groups -OCH3 is 1. The van der Waals surface area contributed by atoms with Crippen molar-refractivity contribution in [3.8, 4) is 5.75 Å². The minimum absolute atomic E-state index is 0.328. The molecule has 0 aliphatic carbocycles. The van der Waals surface area contributed by atoms with E-state index in [1.807, 2.05) is 19.1 Å². The van der Waals surface area contributed by atoms with Crippen LogP contribution in [0.4, 0.5) is 4.79 Å². The topological polar surface area (TPSA) is 84.7 Å². The Balaban J connectivity index is 1.81. The van der Waals surface area contributed by atoms with E-state index in [1.165, 1.54) is 5.56 Å². The minimum atomic E-state index is -0.795. The van der Waals surface area contributed by atoms with Gasteiger partial charge in [-0.1, -0.05) is 12.1 Å². The van der Waals surface area contributed by atoms with Gasteiger partial charge in [-0.25, -0.2) is 4.79 Å². The summed E-state index contributed by atoms with van der Waals surface area (Å²) >= 11 is 0. The maximum atomic E-state index is 11.8. The molecule has 126 valence electrons. The van der Waals surface area contributed by atoms with E-state index in [-0.39, 0.29) is 11.9 Å². The molecule has 6 heteroatoms.